The summed E-state index contributed by atoms with van der Waals surface area (Å²) in [5, 5.41) is 12.0. The molecule has 0 saturated carbocycles. The van der Waals surface area contributed by atoms with Crippen molar-refractivity contribution in [1.82, 2.24) is 5.32 Å². The van der Waals surface area contributed by atoms with Gasteiger partial charge in [0.25, 0.3) is 0 Å². The summed E-state index contributed by atoms with van der Waals surface area (Å²) in [6, 6.07) is -0.0994. The van der Waals surface area contributed by atoms with Crippen molar-refractivity contribution in [1.29, 1.82) is 0 Å². The molecule has 2 fully saturated rings. The van der Waals surface area contributed by atoms with Gasteiger partial charge in [0, 0.05) is 13.0 Å². The first-order valence-electron chi connectivity index (χ1n) is 12.6. The van der Waals surface area contributed by atoms with E-state index in [4.69, 9.17) is 19.3 Å². The van der Waals surface area contributed by atoms with Crippen LogP contribution in [0, 0.1) is 5.92 Å². The third-order valence-electron chi connectivity index (χ3n) is 6.44. The zero-order valence-electron chi connectivity index (χ0n) is 22.1. The van der Waals surface area contributed by atoms with Gasteiger partial charge >= 0.3 is 11.9 Å². The van der Waals surface area contributed by atoms with E-state index in [0.29, 0.717) is 12.8 Å². The number of rotatable bonds is 10. The topological polar surface area (TPSA) is 111 Å². The lowest BCUT2D eigenvalue weighted by Gasteiger charge is -2.39. The van der Waals surface area contributed by atoms with E-state index in [0.717, 1.165) is 24.0 Å². The highest BCUT2D eigenvalue weighted by atomic mass is 16.5. The first-order valence-corrected chi connectivity index (χ1v) is 12.6. The highest BCUT2D eigenvalue weighted by Gasteiger charge is 2.33. The lowest BCUT2D eigenvalue weighted by atomic mass is 9.88. The van der Waals surface area contributed by atoms with Crippen molar-refractivity contribution < 1.29 is 33.7 Å². The molecule has 7 atom stereocenters. The quantitative estimate of drug-likeness (QED) is 0.198. The third-order valence-corrected chi connectivity index (χ3v) is 6.44. The van der Waals surface area contributed by atoms with Crippen LogP contribution < -0.4 is 5.32 Å². The maximum absolute atomic E-state index is 12.3. The van der Waals surface area contributed by atoms with Crippen molar-refractivity contribution >= 4 is 17.8 Å². The van der Waals surface area contributed by atoms with E-state index in [9.17, 15) is 14.4 Å². The number of carbonyl (C=O) groups is 3. The monoisotopic (exact) mass is 503 g/mol. The molecule has 2 N–H and O–H groups in total. The number of allylic oxidation sites excluding steroid dienone is 2. The minimum absolute atomic E-state index is 0.0155. The summed E-state index contributed by atoms with van der Waals surface area (Å²) in [4.78, 5) is 34.3. The Hall–Kier alpha value is -2.71. The van der Waals surface area contributed by atoms with Gasteiger partial charge in [-0.25, -0.2) is 0 Å². The fourth-order valence-corrected chi connectivity index (χ4v) is 4.56. The predicted octanol–water partition coefficient (Wildman–Crippen LogP) is 4.26. The van der Waals surface area contributed by atoms with Gasteiger partial charge in [-0.3, -0.25) is 14.4 Å². The molecule has 8 heteroatoms. The summed E-state index contributed by atoms with van der Waals surface area (Å²) in [6.45, 7) is 13.2. The number of nitrogens with one attached hydrogen (secondary N) is 1. The van der Waals surface area contributed by atoms with Crippen LogP contribution in [0.15, 0.2) is 48.1 Å². The Bertz CT molecular complexity index is 888. The first-order chi connectivity index (χ1) is 16.9. The second-order valence-electron chi connectivity index (χ2n) is 9.98. The second-order valence-corrected chi connectivity index (χ2v) is 9.98. The van der Waals surface area contributed by atoms with Crippen LogP contribution >= 0.6 is 0 Å². The number of hydrogen-bond acceptors (Lipinski definition) is 6. The van der Waals surface area contributed by atoms with E-state index in [-0.39, 0.29) is 54.7 Å². The minimum atomic E-state index is -0.864. The molecular weight excluding hydrogens is 462 g/mol. The van der Waals surface area contributed by atoms with Crippen molar-refractivity contribution in [3.05, 3.63) is 48.1 Å². The normalized spacial score (nSPS) is 30.4. The molecule has 0 aromatic heterocycles. The Morgan fingerprint density at radius 2 is 1.92 bits per heavy atom. The zero-order valence-corrected chi connectivity index (χ0v) is 22.1. The number of carbonyl (C=O) groups excluding carboxylic acids is 2. The van der Waals surface area contributed by atoms with E-state index >= 15 is 0 Å². The molecular formula is C28H41NO7. The fourth-order valence-electron chi connectivity index (χ4n) is 4.56. The minimum Gasteiger partial charge on any atom is -0.481 e. The molecule has 2 aliphatic heterocycles. The molecule has 0 aromatic rings. The molecule has 2 rings (SSSR count). The standard InChI is InChI=1S/C28H41NO7/c1-17(7-10-23-13-18(2)14-24(36-23)16-28(32)33)8-11-26-19(3)15-25(21(5)35-26)29-27(31)12-9-20(4)34-22(6)30/h7-10,12,19-21,23-26H,2,11,13-16H2,1,3-6H3,(H,29,31)(H,32,33)/t19-,20-,21+,23+,24-,25+,26-/m0/s1. The van der Waals surface area contributed by atoms with Gasteiger partial charge in [0.05, 0.1) is 36.9 Å². The number of carboxylic acid groups (broad SMARTS) is 1. The number of hydrogen-bond donors (Lipinski definition) is 2. The summed E-state index contributed by atoms with van der Waals surface area (Å²) >= 11 is 0. The summed E-state index contributed by atoms with van der Waals surface area (Å²) < 4.78 is 17.1. The second kappa shape index (κ2) is 14.1. The lowest BCUT2D eigenvalue weighted by Crippen LogP contribution is -2.50. The Morgan fingerprint density at radius 3 is 2.58 bits per heavy atom. The van der Waals surface area contributed by atoms with Crippen molar-refractivity contribution in [3.8, 4) is 0 Å². The Balaban J connectivity index is 1.84. The SMILES string of the molecule is C=C1C[C@@H](CC(=O)O)O[C@H](C=CC(C)=CC[C@@H]2O[C@H](C)[C@H](NC(=O)C=C[C@H](C)OC(C)=O)C[C@@H]2C)C1. The van der Waals surface area contributed by atoms with E-state index in [2.05, 4.69) is 24.9 Å². The van der Waals surface area contributed by atoms with Crippen molar-refractivity contribution in [2.24, 2.45) is 5.92 Å². The Kier molecular flexibility index (Phi) is 11.6. The fraction of sp³-hybridized carbons (Fsp3) is 0.607. The van der Waals surface area contributed by atoms with Gasteiger partial charge in [-0.05, 0) is 58.4 Å². The Morgan fingerprint density at radius 1 is 1.19 bits per heavy atom. The molecule has 0 aromatic carbocycles. The molecule has 2 aliphatic rings. The number of ether oxygens (including phenoxy) is 3. The van der Waals surface area contributed by atoms with Crippen LogP contribution in [0.3, 0.4) is 0 Å². The van der Waals surface area contributed by atoms with Gasteiger partial charge in [-0.15, -0.1) is 0 Å². The van der Waals surface area contributed by atoms with Crippen LogP contribution in [0.5, 0.6) is 0 Å². The summed E-state index contributed by atoms with van der Waals surface area (Å²) in [5.74, 6) is -1.24. The molecule has 2 heterocycles. The molecule has 1 amide bonds. The third kappa shape index (κ3) is 10.5. The number of esters is 1. The van der Waals surface area contributed by atoms with E-state index in [1.54, 1.807) is 13.0 Å². The van der Waals surface area contributed by atoms with Gasteiger partial charge in [0.2, 0.25) is 5.91 Å². The van der Waals surface area contributed by atoms with Crippen LogP contribution in [0.1, 0.15) is 66.7 Å². The molecule has 36 heavy (non-hydrogen) atoms. The van der Waals surface area contributed by atoms with Gasteiger partial charge in [-0.1, -0.05) is 42.9 Å². The first kappa shape index (κ1) is 29.5. The van der Waals surface area contributed by atoms with Gasteiger partial charge in [0.15, 0.2) is 0 Å². The van der Waals surface area contributed by atoms with E-state index in [1.807, 2.05) is 26.0 Å². The average Bonchev–Trinajstić information content (AvgIpc) is 2.76. The summed E-state index contributed by atoms with van der Waals surface area (Å²) in [5.41, 5.74) is 2.09. The molecule has 0 bridgehead atoms. The van der Waals surface area contributed by atoms with Crippen molar-refractivity contribution in [3.63, 3.8) is 0 Å². The highest BCUT2D eigenvalue weighted by Crippen LogP contribution is 2.29. The van der Waals surface area contributed by atoms with Crippen LogP contribution in [0.25, 0.3) is 0 Å². The number of carboxylic acids is 1. The maximum atomic E-state index is 12.3. The summed E-state index contributed by atoms with van der Waals surface area (Å²) in [6.07, 6.45) is 10.8. The smallest absolute Gasteiger partial charge is 0.305 e. The van der Waals surface area contributed by atoms with E-state index < -0.39 is 12.1 Å². The average molecular weight is 504 g/mol. The molecule has 2 saturated heterocycles. The molecule has 8 nitrogen and oxygen atoms in total. The number of aliphatic carboxylic acids is 1. The molecule has 0 radical (unpaired) electrons. The molecule has 200 valence electrons. The largest absolute Gasteiger partial charge is 0.481 e. The number of amides is 1. The van der Waals surface area contributed by atoms with E-state index in [1.165, 1.54) is 13.0 Å². The van der Waals surface area contributed by atoms with Crippen LogP contribution in [-0.2, 0) is 28.6 Å². The van der Waals surface area contributed by atoms with Crippen LogP contribution in [0.4, 0.5) is 0 Å². The van der Waals surface area contributed by atoms with Gasteiger partial charge in [0.1, 0.15) is 6.10 Å². The molecule has 0 spiro atoms. The Labute approximate surface area is 214 Å². The van der Waals surface area contributed by atoms with Crippen molar-refractivity contribution in [2.75, 3.05) is 0 Å². The highest BCUT2D eigenvalue weighted by molar-refractivity contribution is 5.87. The van der Waals surface area contributed by atoms with Crippen molar-refractivity contribution in [2.45, 2.75) is 103 Å². The molecule has 0 aliphatic carbocycles. The zero-order chi connectivity index (χ0) is 26.8. The van der Waals surface area contributed by atoms with Crippen LogP contribution in [0.2, 0.25) is 0 Å². The summed E-state index contributed by atoms with van der Waals surface area (Å²) in [7, 11) is 0. The maximum Gasteiger partial charge on any atom is 0.305 e. The van der Waals surface area contributed by atoms with Gasteiger partial charge in [-0.2, -0.15) is 0 Å². The van der Waals surface area contributed by atoms with Gasteiger partial charge < -0.3 is 24.6 Å². The lowest BCUT2D eigenvalue weighted by molar-refractivity contribution is -0.143. The molecule has 0 unspecified atom stereocenters. The predicted molar refractivity (Wildman–Crippen MR) is 137 cm³/mol. The van der Waals surface area contributed by atoms with Crippen LogP contribution in [-0.4, -0.2) is 59.5 Å².